The molecule has 0 aliphatic heterocycles. The van der Waals surface area contributed by atoms with Crippen LogP contribution in [-0.4, -0.2) is 23.0 Å². The van der Waals surface area contributed by atoms with E-state index in [1.807, 2.05) is 0 Å². The van der Waals surface area contributed by atoms with Crippen molar-refractivity contribution in [3.8, 4) is 0 Å². The molecule has 0 aliphatic carbocycles. The number of rotatable bonds is 6. The third kappa shape index (κ3) is 5.06. The summed E-state index contributed by atoms with van der Waals surface area (Å²) in [5, 5.41) is 2.11. The molecule has 0 fully saturated rings. The maximum atomic E-state index is 5.49. The Labute approximate surface area is 109 Å². The lowest BCUT2D eigenvalue weighted by atomic mass is 10.3. The summed E-state index contributed by atoms with van der Waals surface area (Å²) in [4.78, 5) is 4.31. The molecule has 15 heavy (non-hydrogen) atoms. The van der Waals surface area contributed by atoms with Gasteiger partial charge in [-0.05, 0) is 28.5 Å². The molecule has 1 heterocycles. The molecule has 84 valence electrons. The second-order valence-corrected chi connectivity index (χ2v) is 5.75. The van der Waals surface area contributed by atoms with Crippen LogP contribution >= 0.6 is 39.5 Å². The van der Waals surface area contributed by atoms with Gasteiger partial charge in [-0.2, -0.15) is 0 Å². The van der Waals surface area contributed by atoms with Gasteiger partial charge in [-0.25, -0.2) is 0 Å². The first-order valence-electron chi connectivity index (χ1n) is 4.85. The summed E-state index contributed by atoms with van der Waals surface area (Å²) < 4.78 is 1.16. The van der Waals surface area contributed by atoms with Crippen molar-refractivity contribution in [3.05, 3.63) is 20.8 Å². The zero-order valence-corrected chi connectivity index (χ0v) is 11.9. The number of nitrogens with two attached hydrogens (primary N) is 1. The Hall–Kier alpha value is 0.0300. The fourth-order valence-corrected chi connectivity index (χ4v) is 2.86. The van der Waals surface area contributed by atoms with E-state index in [4.69, 9.17) is 18.0 Å². The van der Waals surface area contributed by atoms with E-state index in [2.05, 4.69) is 39.2 Å². The molecule has 0 atom stereocenters. The first-order chi connectivity index (χ1) is 7.11. The van der Waals surface area contributed by atoms with Gasteiger partial charge in [0.05, 0.1) is 4.99 Å². The SMILES string of the molecule is CCN(CCC(N)=S)Cc1cc(Br)cs1. The third-order valence-corrected chi connectivity index (χ3v) is 4.01. The van der Waals surface area contributed by atoms with Crippen molar-refractivity contribution >= 4 is 44.5 Å². The van der Waals surface area contributed by atoms with Crippen molar-refractivity contribution in [1.29, 1.82) is 0 Å². The van der Waals surface area contributed by atoms with E-state index < -0.39 is 0 Å². The summed E-state index contributed by atoms with van der Waals surface area (Å²) in [7, 11) is 0. The molecule has 0 spiro atoms. The van der Waals surface area contributed by atoms with Crippen LogP contribution in [0.4, 0.5) is 0 Å². The van der Waals surface area contributed by atoms with Gasteiger partial charge < -0.3 is 5.73 Å². The van der Waals surface area contributed by atoms with Crippen LogP contribution in [0.15, 0.2) is 15.9 Å². The number of halogens is 1. The molecule has 0 radical (unpaired) electrons. The average molecular weight is 307 g/mol. The van der Waals surface area contributed by atoms with Gasteiger partial charge in [-0.3, -0.25) is 4.90 Å². The normalized spacial score (nSPS) is 10.9. The number of hydrogen-bond acceptors (Lipinski definition) is 3. The third-order valence-electron chi connectivity index (χ3n) is 2.12. The van der Waals surface area contributed by atoms with Gasteiger partial charge in [0.25, 0.3) is 0 Å². The van der Waals surface area contributed by atoms with Crippen molar-refractivity contribution in [2.75, 3.05) is 13.1 Å². The highest BCUT2D eigenvalue weighted by molar-refractivity contribution is 9.10. The second-order valence-electron chi connectivity index (χ2n) is 3.32. The van der Waals surface area contributed by atoms with E-state index in [1.54, 1.807) is 11.3 Å². The van der Waals surface area contributed by atoms with Crippen LogP contribution in [-0.2, 0) is 6.54 Å². The summed E-state index contributed by atoms with van der Waals surface area (Å²) in [6, 6.07) is 2.16. The molecule has 0 saturated heterocycles. The lowest BCUT2D eigenvalue weighted by Crippen LogP contribution is -2.26. The maximum absolute atomic E-state index is 5.49. The van der Waals surface area contributed by atoms with E-state index in [1.165, 1.54) is 4.88 Å². The Kier molecular flexibility index (Phi) is 5.74. The van der Waals surface area contributed by atoms with Gasteiger partial charge in [-0.15, -0.1) is 11.3 Å². The van der Waals surface area contributed by atoms with Crippen molar-refractivity contribution < 1.29 is 0 Å². The molecule has 1 aromatic heterocycles. The van der Waals surface area contributed by atoms with Gasteiger partial charge in [0, 0.05) is 34.2 Å². The van der Waals surface area contributed by atoms with Gasteiger partial charge >= 0.3 is 0 Å². The van der Waals surface area contributed by atoms with Crippen molar-refractivity contribution in [2.24, 2.45) is 5.73 Å². The summed E-state index contributed by atoms with van der Waals surface area (Å²) in [6.07, 6.45) is 0.801. The highest BCUT2D eigenvalue weighted by Gasteiger charge is 2.05. The fourth-order valence-electron chi connectivity index (χ4n) is 1.27. The molecule has 2 nitrogen and oxygen atoms in total. The average Bonchev–Trinajstić information content (AvgIpc) is 2.58. The summed E-state index contributed by atoms with van der Waals surface area (Å²) >= 11 is 10.1. The second kappa shape index (κ2) is 6.58. The number of thiophene rings is 1. The largest absolute Gasteiger partial charge is 0.393 e. The van der Waals surface area contributed by atoms with E-state index in [-0.39, 0.29) is 0 Å². The van der Waals surface area contributed by atoms with E-state index >= 15 is 0 Å². The quantitative estimate of drug-likeness (QED) is 0.819. The molecular formula is C10H15BrN2S2. The summed E-state index contributed by atoms with van der Waals surface area (Å²) in [5.74, 6) is 0. The summed E-state index contributed by atoms with van der Waals surface area (Å²) in [5.41, 5.74) is 5.49. The minimum Gasteiger partial charge on any atom is -0.393 e. The van der Waals surface area contributed by atoms with Crippen LogP contribution in [0.25, 0.3) is 0 Å². The van der Waals surface area contributed by atoms with Gasteiger partial charge in [0.1, 0.15) is 0 Å². The highest BCUT2D eigenvalue weighted by atomic mass is 79.9. The molecule has 2 N–H and O–H groups in total. The van der Waals surface area contributed by atoms with Gasteiger partial charge in [0.15, 0.2) is 0 Å². The van der Waals surface area contributed by atoms with Crippen LogP contribution in [0.2, 0.25) is 0 Å². The number of thiocarbonyl (C=S) groups is 1. The molecule has 5 heteroatoms. The van der Waals surface area contributed by atoms with Gasteiger partial charge in [-0.1, -0.05) is 19.1 Å². The predicted octanol–water partition coefficient (Wildman–Crippen LogP) is 3.01. The van der Waals surface area contributed by atoms with Crippen LogP contribution < -0.4 is 5.73 Å². The molecule has 0 unspecified atom stereocenters. The van der Waals surface area contributed by atoms with Crippen molar-refractivity contribution in [3.63, 3.8) is 0 Å². The van der Waals surface area contributed by atoms with E-state index in [0.717, 1.165) is 30.5 Å². The molecule has 1 rings (SSSR count). The lowest BCUT2D eigenvalue weighted by molar-refractivity contribution is 0.291. The smallest absolute Gasteiger partial charge is 0.0740 e. The van der Waals surface area contributed by atoms with Crippen LogP contribution in [0, 0.1) is 0 Å². The zero-order valence-electron chi connectivity index (χ0n) is 8.70. The summed E-state index contributed by atoms with van der Waals surface area (Å²) in [6.45, 7) is 5.11. The lowest BCUT2D eigenvalue weighted by Gasteiger charge is -2.18. The first kappa shape index (κ1) is 13.1. The van der Waals surface area contributed by atoms with Crippen molar-refractivity contribution in [2.45, 2.75) is 19.9 Å². The molecule has 1 aromatic rings. The fraction of sp³-hybridized carbons (Fsp3) is 0.500. The van der Waals surface area contributed by atoms with Crippen molar-refractivity contribution in [1.82, 2.24) is 4.90 Å². The van der Waals surface area contributed by atoms with E-state index in [0.29, 0.717) is 4.99 Å². The molecule has 0 bridgehead atoms. The highest BCUT2D eigenvalue weighted by Crippen LogP contribution is 2.21. The molecule has 0 aromatic carbocycles. The van der Waals surface area contributed by atoms with Crippen LogP contribution in [0.1, 0.15) is 18.2 Å². The Morgan fingerprint density at radius 1 is 1.67 bits per heavy atom. The van der Waals surface area contributed by atoms with Crippen LogP contribution in [0.3, 0.4) is 0 Å². The molecule has 0 aliphatic rings. The zero-order chi connectivity index (χ0) is 11.3. The first-order valence-corrected chi connectivity index (χ1v) is 6.93. The Bertz CT molecular complexity index is 325. The monoisotopic (exact) mass is 306 g/mol. The number of nitrogens with zero attached hydrogens (tertiary/aromatic N) is 1. The Morgan fingerprint density at radius 2 is 2.40 bits per heavy atom. The van der Waals surface area contributed by atoms with Gasteiger partial charge in [0.2, 0.25) is 0 Å². The van der Waals surface area contributed by atoms with E-state index in [9.17, 15) is 0 Å². The maximum Gasteiger partial charge on any atom is 0.0740 e. The minimum atomic E-state index is 0.598. The standard InChI is InChI=1S/C10H15BrN2S2/c1-2-13(4-3-10(12)14)6-9-5-8(11)7-15-9/h5,7H,2-4,6H2,1H3,(H2,12,14). The predicted molar refractivity (Wildman–Crippen MR) is 74.4 cm³/mol. The molecule has 0 amide bonds. The Balaban J connectivity index is 2.42. The molecular weight excluding hydrogens is 292 g/mol. The Morgan fingerprint density at radius 3 is 2.87 bits per heavy atom. The minimum absolute atomic E-state index is 0.598. The topological polar surface area (TPSA) is 29.3 Å². The van der Waals surface area contributed by atoms with Crippen LogP contribution in [0.5, 0.6) is 0 Å². The molecule has 0 saturated carbocycles. The number of hydrogen-bond donors (Lipinski definition) is 1.